The van der Waals surface area contributed by atoms with Gasteiger partial charge in [0.1, 0.15) is 11.6 Å². The molecule has 21 heavy (non-hydrogen) atoms. The number of rotatable bonds is 6. The van der Waals surface area contributed by atoms with Gasteiger partial charge >= 0.3 is 0 Å². The molecule has 1 aliphatic carbocycles. The molecular formula is C16H28N2O2S. The summed E-state index contributed by atoms with van der Waals surface area (Å²) < 4.78 is 0. The quantitative estimate of drug-likeness (QED) is 0.767. The highest BCUT2D eigenvalue weighted by Gasteiger charge is 2.51. The van der Waals surface area contributed by atoms with Gasteiger partial charge in [-0.3, -0.25) is 9.59 Å². The van der Waals surface area contributed by atoms with Crippen molar-refractivity contribution in [1.29, 1.82) is 0 Å². The van der Waals surface area contributed by atoms with E-state index >= 15 is 0 Å². The zero-order valence-corrected chi connectivity index (χ0v) is 14.1. The number of nitrogens with zero attached hydrogens (tertiary/aromatic N) is 1. The third-order valence-electron chi connectivity index (χ3n) is 4.80. The molecular weight excluding hydrogens is 284 g/mol. The molecule has 2 fully saturated rings. The summed E-state index contributed by atoms with van der Waals surface area (Å²) in [5.74, 6) is 1.30. The fourth-order valence-electron chi connectivity index (χ4n) is 3.69. The van der Waals surface area contributed by atoms with Crippen LogP contribution in [0.4, 0.5) is 0 Å². The van der Waals surface area contributed by atoms with Gasteiger partial charge in [0.25, 0.3) is 0 Å². The largest absolute Gasteiger partial charge is 0.342 e. The van der Waals surface area contributed by atoms with Gasteiger partial charge in [0.15, 0.2) is 0 Å². The summed E-state index contributed by atoms with van der Waals surface area (Å²) in [5, 5.41) is 3.01. The molecule has 1 unspecified atom stereocenters. The molecule has 0 radical (unpaired) electrons. The molecule has 1 atom stereocenters. The maximum Gasteiger partial charge on any atom is 0.246 e. The van der Waals surface area contributed by atoms with Crippen LogP contribution in [0.3, 0.4) is 0 Å². The number of carbonyl (C=O) groups is 2. The van der Waals surface area contributed by atoms with Crippen LogP contribution in [0.2, 0.25) is 0 Å². The maximum atomic E-state index is 12.8. The first-order valence-electron chi connectivity index (χ1n) is 8.27. The Balaban J connectivity index is 2.19. The third kappa shape index (κ3) is 3.38. The Hall–Kier alpha value is -0.710. The first kappa shape index (κ1) is 16.7. The fraction of sp³-hybridized carbons (Fsp3) is 0.875. The van der Waals surface area contributed by atoms with Crippen LogP contribution in [-0.4, -0.2) is 46.8 Å². The Kier molecular flexibility index (Phi) is 5.97. The lowest BCUT2D eigenvalue weighted by Gasteiger charge is -2.50. The number of piperazine rings is 1. The van der Waals surface area contributed by atoms with Gasteiger partial charge in [-0.05, 0) is 37.7 Å². The molecule has 1 N–H and O–H groups in total. The predicted molar refractivity (Wildman–Crippen MR) is 87.4 cm³/mol. The second-order valence-electron chi connectivity index (χ2n) is 6.24. The van der Waals surface area contributed by atoms with Crippen molar-refractivity contribution in [3.63, 3.8) is 0 Å². The van der Waals surface area contributed by atoms with Gasteiger partial charge in [-0.2, -0.15) is 11.8 Å². The molecule has 0 bridgehead atoms. The summed E-state index contributed by atoms with van der Waals surface area (Å²) in [6.45, 7) is 2.79. The minimum atomic E-state index is -0.544. The molecule has 0 aromatic heterocycles. The first-order valence-corrected chi connectivity index (χ1v) is 9.66. The summed E-state index contributed by atoms with van der Waals surface area (Å²) in [5.41, 5.74) is -0.544. The smallest absolute Gasteiger partial charge is 0.246 e. The molecule has 4 nitrogen and oxygen atoms in total. The number of thioether (sulfide) groups is 1. The minimum Gasteiger partial charge on any atom is -0.342 e. The molecule has 2 aliphatic rings. The number of amides is 2. The molecule has 0 aromatic carbocycles. The zero-order chi connectivity index (χ0) is 15.3. The summed E-state index contributed by atoms with van der Waals surface area (Å²) in [7, 11) is 0. The van der Waals surface area contributed by atoms with Crippen molar-refractivity contribution in [3.8, 4) is 0 Å². The lowest BCUT2D eigenvalue weighted by molar-refractivity contribution is -0.160. The average molecular weight is 312 g/mol. The summed E-state index contributed by atoms with van der Waals surface area (Å²) in [6, 6.07) is -0.302. The molecule has 0 aromatic rings. The van der Waals surface area contributed by atoms with Crippen LogP contribution in [0.1, 0.15) is 58.3 Å². The lowest BCUT2D eigenvalue weighted by atomic mass is 9.77. The molecule has 1 saturated heterocycles. The van der Waals surface area contributed by atoms with Crippen molar-refractivity contribution in [1.82, 2.24) is 10.2 Å². The standard InChI is InChI=1S/C16H28N2O2S/c1-3-8-13-14(19)18(11-7-12-21-2)16(15(20)17-13)9-5-4-6-10-16/h13H,3-12H2,1-2H3,(H,17,20). The maximum absolute atomic E-state index is 12.8. The van der Waals surface area contributed by atoms with Crippen LogP contribution in [0.25, 0.3) is 0 Å². The number of hydrogen-bond acceptors (Lipinski definition) is 3. The van der Waals surface area contributed by atoms with E-state index in [0.717, 1.165) is 57.2 Å². The Morgan fingerprint density at radius 1 is 1.29 bits per heavy atom. The molecule has 1 heterocycles. The Labute approximate surface area is 132 Å². The van der Waals surface area contributed by atoms with Gasteiger partial charge < -0.3 is 10.2 Å². The van der Waals surface area contributed by atoms with Crippen molar-refractivity contribution in [2.24, 2.45) is 0 Å². The number of hydrogen-bond donors (Lipinski definition) is 1. The third-order valence-corrected chi connectivity index (χ3v) is 5.49. The predicted octanol–water partition coefficient (Wildman–Crippen LogP) is 2.57. The van der Waals surface area contributed by atoms with Crippen LogP contribution < -0.4 is 5.32 Å². The normalized spacial score (nSPS) is 25.2. The second-order valence-corrected chi connectivity index (χ2v) is 7.23. The van der Waals surface area contributed by atoms with Gasteiger partial charge in [-0.1, -0.05) is 32.6 Å². The molecule has 2 rings (SSSR count). The lowest BCUT2D eigenvalue weighted by Crippen LogP contribution is -2.71. The van der Waals surface area contributed by atoms with E-state index in [1.165, 1.54) is 6.42 Å². The molecule has 2 amide bonds. The molecule has 5 heteroatoms. The zero-order valence-electron chi connectivity index (χ0n) is 13.3. The molecule has 1 saturated carbocycles. The van der Waals surface area contributed by atoms with Crippen molar-refractivity contribution >= 4 is 23.6 Å². The minimum absolute atomic E-state index is 0.101. The monoisotopic (exact) mass is 312 g/mol. The summed E-state index contributed by atoms with van der Waals surface area (Å²) in [4.78, 5) is 27.5. The van der Waals surface area contributed by atoms with Gasteiger partial charge in [-0.25, -0.2) is 0 Å². The van der Waals surface area contributed by atoms with E-state index in [2.05, 4.69) is 18.5 Å². The highest BCUT2D eigenvalue weighted by molar-refractivity contribution is 7.98. The van der Waals surface area contributed by atoms with Gasteiger partial charge in [0.2, 0.25) is 11.8 Å². The Morgan fingerprint density at radius 3 is 2.62 bits per heavy atom. The average Bonchev–Trinajstić information content (AvgIpc) is 2.50. The SMILES string of the molecule is CCCC1NC(=O)C2(CCCCC2)N(CCCSC)C1=O. The van der Waals surface area contributed by atoms with Crippen molar-refractivity contribution in [3.05, 3.63) is 0 Å². The van der Waals surface area contributed by atoms with Crippen LogP contribution >= 0.6 is 11.8 Å². The van der Waals surface area contributed by atoms with Gasteiger partial charge in [0.05, 0.1) is 0 Å². The van der Waals surface area contributed by atoms with Crippen molar-refractivity contribution in [2.45, 2.75) is 69.9 Å². The van der Waals surface area contributed by atoms with E-state index in [4.69, 9.17) is 0 Å². The number of carbonyl (C=O) groups excluding carboxylic acids is 2. The fourth-order valence-corrected chi connectivity index (χ4v) is 4.10. The van der Waals surface area contributed by atoms with Gasteiger partial charge in [-0.15, -0.1) is 0 Å². The van der Waals surface area contributed by atoms with Crippen LogP contribution in [0.15, 0.2) is 0 Å². The topological polar surface area (TPSA) is 49.4 Å². The molecule has 120 valence electrons. The van der Waals surface area contributed by atoms with Crippen molar-refractivity contribution in [2.75, 3.05) is 18.6 Å². The number of nitrogens with one attached hydrogen (secondary N) is 1. The van der Waals surface area contributed by atoms with E-state index in [9.17, 15) is 9.59 Å². The second kappa shape index (κ2) is 7.52. The molecule has 1 aliphatic heterocycles. The van der Waals surface area contributed by atoms with E-state index in [0.29, 0.717) is 0 Å². The summed E-state index contributed by atoms with van der Waals surface area (Å²) in [6.07, 6.45) is 9.69. The van der Waals surface area contributed by atoms with Crippen LogP contribution in [0.5, 0.6) is 0 Å². The van der Waals surface area contributed by atoms with Crippen LogP contribution in [-0.2, 0) is 9.59 Å². The highest BCUT2D eigenvalue weighted by atomic mass is 32.2. The Bertz CT molecular complexity index is 380. The van der Waals surface area contributed by atoms with E-state index < -0.39 is 5.54 Å². The van der Waals surface area contributed by atoms with E-state index in [1.54, 1.807) is 11.8 Å². The van der Waals surface area contributed by atoms with Crippen LogP contribution in [0, 0.1) is 0 Å². The highest BCUT2D eigenvalue weighted by Crippen LogP contribution is 2.37. The Morgan fingerprint density at radius 2 is 2.00 bits per heavy atom. The van der Waals surface area contributed by atoms with Gasteiger partial charge in [0, 0.05) is 6.54 Å². The molecule has 1 spiro atoms. The summed E-state index contributed by atoms with van der Waals surface area (Å²) >= 11 is 1.80. The van der Waals surface area contributed by atoms with E-state index in [1.807, 2.05) is 4.90 Å². The van der Waals surface area contributed by atoms with Crippen molar-refractivity contribution < 1.29 is 9.59 Å². The first-order chi connectivity index (χ1) is 10.2. The van der Waals surface area contributed by atoms with E-state index in [-0.39, 0.29) is 17.9 Å².